The molecule has 0 bridgehead atoms. The number of H-pyrrole nitrogens is 1. The molecule has 1 heterocycles. The van der Waals surface area contributed by atoms with Crippen LogP contribution in [-0.4, -0.2) is 18.6 Å². The quantitative estimate of drug-likeness (QED) is 0.753. The van der Waals surface area contributed by atoms with Crippen LogP contribution in [0.25, 0.3) is 10.8 Å². The van der Waals surface area contributed by atoms with Gasteiger partial charge in [0, 0.05) is 5.39 Å². The molecular formula is C16H14FN3O3S. The van der Waals surface area contributed by atoms with Crippen molar-refractivity contribution in [2.45, 2.75) is 18.4 Å². The number of aromatic amines is 1. The predicted octanol–water partition coefficient (Wildman–Crippen LogP) is 1.85. The molecule has 0 spiro atoms. The van der Waals surface area contributed by atoms with Gasteiger partial charge in [-0.2, -0.15) is 5.10 Å². The molecule has 1 aromatic heterocycles. The first-order chi connectivity index (χ1) is 11.4. The van der Waals surface area contributed by atoms with Gasteiger partial charge >= 0.3 is 0 Å². The van der Waals surface area contributed by atoms with E-state index in [-0.39, 0.29) is 17.0 Å². The first-order valence-electron chi connectivity index (χ1n) is 7.10. The predicted molar refractivity (Wildman–Crippen MR) is 87.5 cm³/mol. The van der Waals surface area contributed by atoms with Crippen LogP contribution in [0.2, 0.25) is 0 Å². The van der Waals surface area contributed by atoms with Gasteiger partial charge in [0.05, 0.1) is 22.5 Å². The molecule has 2 aromatic carbocycles. The number of aromatic nitrogens is 2. The molecule has 6 nitrogen and oxygen atoms in total. The Morgan fingerprint density at radius 3 is 2.58 bits per heavy atom. The van der Waals surface area contributed by atoms with Crippen molar-refractivity contribution in [1.29, 1.82) is 0 Å². The molecule has 3 rings (SSSR count). The zero-order valence-electron chi connectivity index (χ0n) is 12.7. The summed E-state index contributed by atoms with van der Waals surface area (Å²) in [6.45, 7) is 1.42. The van der Waals surface area contributed by atoms with E-state index in [2.05, 4.69) is 14.9 Å². The number of aryl methyl sites for hydroxylation is 1. The summed E-state index contributed by atoms with van der Waals surface area (Å²) in [5.41, 5.74) is 0.363. The summed E-state index contributed by atoms with van der Waals surface area (Å²) in [4.78, 5) is 11.7. The molecule has 0 saturated carbocycles. The van der Waals surface area contributed by atoms with Crippen LogP contribution >= 0.6 is 0 Å². The van der Waals surface area contributed by atoms with Crippen LogP contribution in [0.1, 0.15) is 11.3 Å². The third-order valence-corrected chi connectivity index (χ3v) is 5.19. The average molecular weight is 347 g/mol. The lowest BCUT2D eigenvalue weighted by molar-refractivity contribution is 0.578. The SMILES string of the molecule is Cc1cc(F)ccc1S(=O)(=O)NCc1n[nH]c(=O)c2ccccc12. The Balaban J connectivity index is 1.93. The minimum atomic E-state index is -3.83. The zero-order valence-corrected chi connectivity index (χ0v) is 13.5. The number of benzene rings is 2. The van der Waals surface area contributed by atoms with Crippen LogP contribution in [0.4, 0.5) is 4.39 Å². The Labute approximate surface area is 137 Å². The third kappa shape index (κ3) is 3.06. The van der Waals surface area contributed by atoms with Crippen molar-refractivity contribution in [2.75, 3.05) is 0 Å². The topological polar surface area (TPSA) is 91.9 Å². The summed E-state index contributed by atoms with van der Waals surface area (Å²) in [5, 5.41) is 7.26. The summed E-state index contributed by atoms with van der Waals surface area (Å²) >= 11 is 0. The number of nitrogens with zero attached hydrogens (tertiary/aromatic N) is 1. The van der Waals surface area contributed by atoms with E-state index in [4.69, 9.17) is 0 Å². The number of hydrogen-bond acceptors (Lipinski definition) is 4. The maximum absolute atomic E-state index is 13.1. The van der Waals surface area contributed by atoms with E-state index >= 15 is 0 Å². The minimum absolute atomic E-state index is 0.00219. The first-order valence-corrected chi connectivity index (χ1v) is 8.59. The molecule has 0 unspecified atom stereocenters. The summed E-state index contributed by atoms with van der Waals surface area (Å²) in [6, 6.07) is 10.3. The molecule has 0 amide bonds. The Morgan fingerprint density at radius 1 is 1.17 bits per heavy atom. The highest BCUT2D eigenvalue weighted by atomic mass is 32.2. The average Bonchev–Trinajstić information content (AvgIpc) is 2.54. The number of hydrogen-bond donors (Lipinski definition) is 2. The lowest BCUT2D eigenvalue weighted by atomic mass is 10.1. The zero-order chi connectivity index (χ0) is 17.3. The second-order valence-electron chi connectivity index (χ2n) is 5.28. The van der Waals surface area contributed by atoms with E-state index in [0.717, 1.165) is 12.1 Å². The normalized spacial score (nSPS) is 11.8. The highest BCUT2D eigenvalue weighted by Crippen LogP contribution is 2.17. The Morgan fingerprint density at radius 2 is 1.88 bits per heavy atom. The van der Waals surface area contributed by atoms with Gasteiger partial charge in [-0.05, 0) is 36.8 Å². The lowest BCUT2D eigenvalue weighted by Crippen LogP contribution is -2.25. The fraction of sp³-hybridized carbons (Fsp3) is 0.125. The monoisotopic (exact) mass is 347 g/mol. The maximum atomic E-state index is 13.1. The molecular weight excluding hydrogens is 333 g/mol. The largest absolute Gasteiger partial charge is 0.272 e. The van der Waals surface area contributed by atoms with E-state index in [9.17, 15) is 17.6 Å². The van der Waals surface area contributed by atoms with Crippen molar-refractivity contribution in [3.05, 3.63) is 69.9 Å². The number of fused-ring (bicyclic) bond motifs is 1. The number of sulfonamides is 1. The maximum Gasteiger partial charge on any atom is 0.272 e. The Bertz CT molecular complexity index is 1080. The molecule has 8 heteroatoms. The molecule has 0 aliphatic rings. The molecule has 0 fully saturated rings. The Hall–Kier alpha value is -2.58. The lowest BCUT2D eigenvalue weighted by Gasteiger charge is -2.10. The highest BCUT2D eigenvalue weighted by molar-refractivity contribution is 7.89. The summed E-state index contributed by atoms with van der Waals surface area (Å²) in [7, 11) is -3.83. The van der Waals surface area contributed by atoms with Gasteiger partial charge < -0.3 is 0 Å². The van der Waals surface area contributed by atoms with E-state index in [0.29, 0.717) is 22.0 Å². The van der Waals surface area contributed by atoms with Crippen molar-refractivity contribution in [1.82, 2.24) is 14.9 Å². The van der Waals surface area contributed by atoms with Crippen LogP contribution < -0.4 is 10.3 Å². The smallest absolute Gasteiger partial charge is 0.267 e. The molecule has 2 N–H and O–H groups in total. The summed E-state index contributed by atoms with van der Waals surface area (Å²) in [6.07, 6.45) is 0. The Kier molecular flexibility index (Phi) is 4.16. The number of rotatable bonds is 4. The molecule has 124 valence electrons. The van der Waals surface area contributed by atoms with E-state index in [1.165, 1.54) is 13.0 Å². The van der Waals surface area contributed by atoms with E-state index in [1.807, 2.05) is 0 Å². The minimum Gasteiger partial charge on any atom is -0.267 e. The van der Waals surface area contributed by atoms with Gasteiger partial charge in [-0.3, -0.25) is 4.79 Å². The van der Waals surface area contributed by atoms with Crippen molar-refractivity contribution >= 4 is 20.8 Å². The van der Waals surface area contributed by atoms with Crippen LogP contribution in [0.15, 0.2) is 52.2 Å². The molecule has 0 saturated heterocycles. The molecule has 0 aliphatic heterocycles. The van der Waals surface area contributed by atoms with Gasteiger partial charge in [0.25, 0.3) is 5.56 Å². The fourth-order valence-corrected chi connectivity index (χ4v) is 3.67. The van der Waals surface area contributed by atoms with Crippen molar-refractivity contribution in [2.24, 2.45) is 0 Å². The first kappa shape index (κ1) is 16.3. The second-order valence-corrected chi connectivity index (χ2v) is 7.01. The molecule has 3 aromatic rings. The standard InChI is InChI=1S/C16H14FN3O3S/c1-10-8-11(17)6-7-15(10)24(22,23)18-9-14-12-4-2-3-5-13(12)16(21)20-19-14/h2-8,18H,9H2,1H3,(H,20,21). The molecule has 24 heavy (non-hydrogen) atoms. The van der Waals surface area contributed by atoms with Crippen molar-refractivity contribution in [3.63, 3.8) is 0 Å². The van der Waals surface area contributed by atoms with Gasteiger partial charge in [-0.1, -0.05) is 18.2 Å². The third-order valence-electron chi connectivity index (χ3n) is 3.63. The van der Waals surface area contributed by atoms with Crippen molar-refractivity contribution in [3.8, 4) is 0 Å². The van der Waals surface area contributed by atoms with Gasteiger partial charge in [-0.25, -0.2) is 22.6 Å². The second kappa shape index (κ2) is 6.14. The van der Waals surface area contributed by atoms with Gasteiger partial charge in [-0.15, -0.1) is 0 Å². The van der Waals surface area contributed by atoms with Gasteiger partial charge in [0.15, 0.2) is 0 Å². The van der Waals surface area contributed by atoms with Crippen LogP contribution in [0.5, 0.6) is 0 Å². The van der Waals surface area contributed by atoms with Gasteiger partial charge in [0.2, 0.25) is 10.0 Å². The molecule has 0 radical (unpaired) electrons. The number of nitrogens with one attached hydrogen (secondary N) is 2. The highest BCUT2D eigenvalue weighted by Gasteiger charge is 2.18. The van der Waals surface area contributed by atoms with Gasteiger partial charge in [0.1, 0.15) is 5.82 Å². The molecule has 0 aliphatic carbocycles. The van der Waals surface area contributed by atoms with Crippen LogP contribution in [0.3, 0.4) is 0 Å². The summed E-state index contributed by atoms with van der Waals surface area (Å²) < 4.78 is 40.4. The van der Waals surface area contributed by atoms with E-state index in [1.54, 1.807) is 24.3 Å². The van der Waals surface area contributed by atoms with Crippen LogP contribution in [0, 0.1) is 12.7 Å². The van der Waals surface area contributed by atoms with E-state index < -0.39 is 15.8 Å². The van der Waals surface area contributed by atoms with Crippen molar-refractivity contribution < 1.29 is 12.8 Å². The fourth-order valence-electron chi connectivity index (χ4n) is 2.46. The molecule has 0 atom stereocenters. The number of halogens is 1. The summed E-state index contributed by atoms with van der Waals surface area (Å²) in [5.74, 6) is -0.500. The van der Waals surface area contributed by atoms with Crippen LogP contribution in [-0.2, 0) is 16.6 Å².